The molecule has 4 heterocycles. The molecule has 1 aliphatic rings. The predicted molar refractivity (Wildman–Crippen MR) is 124 cm³/mol. The Morgan fingerprint density at radius 3 is 2.78 bits per heavy atom. The van der Waals surface area contributed by atoms with Gasteiger partial charge in [-0.05, 0) is 44.2 Å². The number of ether oxygens (including phenoxy) is 1. The molecule has 164 valence electrons. The van der Waals surface area contributed by atoms with Crippen molar-refractivity contribution in [3.05, 3.63) is 54.5 Å². The van der Waals surface area contributed by atoms with E-state index in [2.05, 4.69) is 44.4 Å². The Morgan fingerprint density at radius 1 is 1.19 bits per heavy atom. The second-order valence-electron chi connectivity index (χ2n) is 8.20. The summed E-state index contributed by atoms with van der Waals surface area (Å²) in [6.45, 7) is 6.07. The van der Waals surface area contributed by atoms with Gasteiger partial charge in [-0.2, -0.15) is 10.1 Å². The van der Waals surface area contributed by atoms with Crippen molar-refractivity contribution in [3.63, 3.8) is 0 Å². The Morgan fingerprint density at radius 2 is 2.00 bits per heavy atom. The zero-order valence-electron chi connectivity index (χ0n) is 18.2. The molecule has 9 heteroatoms. The van der Waals surface area contributed by atoms with E-state index in [1.807, 2.05) is 36.5 Å². The van der Waals surface area contributed by atoms with Crippen molar-refractivity contribution in [2.45, 2.75) is 25.9 Å². The fraction of sp³-hybridized carbons (Fsp3) is 0.304. The average molecular weight is 432 g/mol. The number of rotatable bonds is 4. The summed E-state index contributed by atoms with van der Waals surface area (Å²) in [5.74, 6) is -0.242. The van der Waals surface area contributed by atoms with Gasteiger partial charge in [0.2, 0.25) is 0 Å². The smallest absolute Gasteiger partial charge is 0.316 e. The maximum absolute atomic E-state index is 13.2. The van der Waals surface area contributed by atoms with Gasteiger partial charge in [0.15, 0.2) is 0 Å². The number of carbonyl (C=O) groups excluding carboxylic acids is 1. The summed E-state index contributed by atoms with van der Waals surface area (Å²) in [6.07, 6.45) is 5.27. The van der Waals surface area contributed by atoms with Gasteiger partial charge in [0.25, 0.3) is 5.91 Å². The number of nitrogens with one attached hydrogen (secondary N) is 2. The van der Waals surface area contributed by atoms with Gasteiger partial charge in [-0.15, -0.1) is 0 Å². The summed E-state index contributed by atoms with van der Waals surface area (Å²) in [6, 6.07) is 10.3. The zero-order valence-corrected chi connectivity index (χ0v) is 18.2. The molecule has 32 heavy (non-hydrogen) atoms. The number of methoxy groups -OCH3 is 1. The lowest BCUT2D eigenvalue weighted by Crippen LogP contribution is -2.54. The number of anilines is 2. The van der Waals surface area contributed by atoms with Gasteiger partial charge in [0.05, 0.1) is 23.7 Å². The Bertz CT molecular complexity index is 1290. The number of amides is 1. The van der Waals surface area contributed by atoms with Crippen LogP contribution in [0.4, 0.5) is 11.4 Å². The molecule has 0 bridgehead atoms. The highest BCUT2D eigenvalue weighted by molar-refractivity contribution is 6.14. The maximum Gasteiger partial charge on any atom is 0.316 e. The molecule has 3 aromatic heterocycles. The predicted octanol–water partition coefficient (Wildman–Crippen LogP) is 2.73. The van der Waals surface area contributed by atoms with Gasteiger partial charge in [-0.1, -0.05) is 0 Å². The van der Waals surface area contributed by atoms with Crippen molar-refractivity contribution in [1.82, 2.24) is 24.9 Å². The fourth-order valence-electron chi connectivity index (χ4n) is 4.37. The van der Waals surface area contributed by atoms with Crippen LogP contribution in [0.2, 0.25) is 0 Å². The first-order chi connectivity index (χ1) is 15.5. The summed E-state index contributed by atoms with van der Waals surface area (Å²) in [5.41, 5.74) is 3.63. The number of pyridine rings is 1. The molecule has 2 atom stereocenters. The molecule has 0 saturated carbocycles. The Kier molecular flexibility index (Phi) is 5.10. The first kappa shape index (κ1) is 20.2. The van der Waals surface area contributed by atoms with Gasteiger partial charge in [-0.25, -0.2) is 9.50 Å². The third-order valence-corrected chi connectivity index (χ3v) is 5.69. The summed E-state index contributed by atoms with van der Waals surface area (Å²) in [7, 11) is 1.52. The van der Waals surface area contributed by atoms with E-state index in [4.69, 9.17) is 4.74 Å². The number of benzene rings is 1. The van der Waals surface area contributed by atoms with Crippen molar-refractivity contribution in [1.29, 1.82) is 0 Å². The molecule has 0 spiro atoms. The summed E-state index contributed by atoms with van der Waals surface area (Å²) >= 11 is 0. The molecule has 1 amide bonds. The number of hydrogen-bond donors (Lipinski definition) is 2. The first-order valence-corrected chi connectivity index (χ1v) is 10.6. The highest BCUT2D eigenvalue weighted by atomic mass is 16.5. The molecule has 1 saturated heterocycles. The lowest BCUT2D eigenvalue weighted by Gasteiger charge is -2.38. The summed E-state index contributed by atoms with van der Waals surface area (Å²) < 4.78 is 6.99. The van der Waals surface area contributed by atoms with Crippen LogP contribution in [0.15, 0.2) is 48.9 Å². The van der Waals surface area contributed by atoms with E-state index in [1.54, 1.807) is 16.9 Å². The number of piperazine rings is 1. The molecule has 0 aliphatic carbocycles. The van der Waals surface area contributed by atoms with Crippen molar-refractivity contribution in [2.75, 3.05) is 30.4 Å². The third kappa shape index (κ3) is 3.71. The number of nitrogens with zero attached hydrogens (tertiary/aromatic N) is 5. The van der Waals surface area contributed by atoms with E-state index in [-0.39, 0.29) is 11.9 Å². The minimum atomic E-state index is -0.242. The van der Waals surface area contributed by atoms with Crippen LogP contribution < -0.4 is 20.3 Å². The van der Waals surface area contributed by atoms with Crippen molar-refractivity contribution < 1.29 is 9.53 Å². The van der Waals surface area contributed by atoms with Crippen molar-refractivity contribution >= 4 is 33.7 Å². The summed E-state index contributed by atoms with van der Waals surface area (Å²) in [4.78, 5) is 24.4. The van der Waals surface area contributed by atoms with Crippen molar-refractivity contribution in [2.24, 2.45) is 0 Å². The molecule has 1 aliphatic heterocycles. The van der Waals surface area contributed by atoms with Crippen LogP contribution in [-0.4, -0.2) is 57.8 Å². The van der Waals surface area contributed by atoms with Gasteiger partial charge in [0, 0.05) is 60.5 Å². The van der Waals surface area contributed by atoms with Crippen LogP contribution in [0.5, 0.6) is 6.01 Å². The second kappa shape index (κ2) is 8.08. The van der Waals surface area contributed by atoms with Crippen LogP contribution >= 0.6 is 0 Å². The van der Waals surface area contributed by atoms with E-state index in [0.29, 0.717) is 28.9 Å². The lowest BCUT2D eigenvalue weighted by atomic mass is 10.0. The molecule has 0 unspecified atom stereocenters. The van der Waals surface area contributed by atoms with Crippen LogP contribution in [0, 0.1) is 0 Å². The minimum absolute atomic E-state index is 0.228. The summed E-state index contributed by atoms with van der Waals surface area (Å²) in [5, 5.41) is 11.5. The zero-order chi connectivity index (χ0) is 22.2. The highest BCUT2D eigenvalue weighted by Gasteiger charge is 2.24. The maximum atomic E-state index is 13.2. The lowest BCUT2D eigenvalue weighted by molar-refractivity contribution is 0.102. The van der Waals surface area contributed by atoms with E-state index in [1.165, 1.54) is 7.11 Å². The second-order valence-corrected chi connectivity index (χ2v) is 8.20. The van der Waals surface area contributed by atoms with Gasteiger partial charge >= 0.3 is 6.01 Å². The normalized spacial score (nSPS) is 18.8. The number of carbonyl (C=O) groups is 1. The molecule has 5 rings (SSSR count). The molecule has 1 aromatic carbocycles. The third-order valence-electron chi connectivity index (χ3n) is 5.69. The van der Waals surface area contributed by atoms with E-state index in [0.717, 1.165) is 29.7 Å². The molecule has 1 fully saturated rings. The minimum Gasteiger partial charge on any atom is -0.467 e. The average Bonchev–Trinajstić information content (AvgIpc) is 3.25. The Hall–Kier alpha value is -3.72. The quantitative estimate of drug-likeness (QED) is 0.513. The Balaban J connectivity index is 1.54. The standard InChI is InChI=1S/C23H25N7O2/c1-14-12-29(13-15(2)26-14)20-5-4-18(21-19(20)11-24-23(28-21)32-3)22(31)27-16-7-9-30-17(10-16)6-8-25-30/h4-11,14-15,26H,12-13H2,1-3H3,(H,27,31)/t14-,15+. The molecule has 2 N–H and O–H groups in total. The van der Waals surface area contributed by atoms with Crippen LogP contribution in [0.25, 0.3) is 16.4 Å². The van der Waals surface area contributed by atoms with E-state index < -0.39 is 0 Å². The SMILES string of the molecule is COc1ncc2c(N3C[C@@H](C)N[C@@H](C)C3)ccc(C(=O)Nc3ccn4nccc4c3)c2n1. The number of aromatic nitrogens is 4. The highest BCUT2D eigenvalue weighted by Crippen LogP contribution is 2.31. The first-order valence-electron chi connectivity index (χ1n) is 10.6. The van der Waals surface area contributed by atoms with Crippen LogP contribution in [0.1, 0.15) is 24.2 Å². The van der Waals surface area contributed by atoms with Crippen molar-refractivity contribution in [3.8, 4) is 6.01 Å². The van der Waals surface area contributed by atoms with Gasteiger partial charge in [0.1, 0.15) is 0 Å². The molecule has 0 radical (unpaired) electrons. The molecular formula is C23H25N7O2. The topological polar surface area (TPSA) is 96.7 Å². The largest absolute Gasteiger partial charge is 0.467 e. The van der Waals surface area contributed by atoms with Crippen LogP contribution in [-0.2, 0) is 0 Å². The molecular weight excluding hydrogens is 406 g/mol. The fourth-order valence-corrected chi connectivity index (χ4v) is 4.37. The van der Waals surface area contributed by atoms with Crippen LogP contribution in [0.3, 0.4) is 0 Å². The van der Waals surface area contributed by atoms with Gasteiger partial charge < -0.3 is 20.3 Å². The van der Waals surface area contributed by atoms with E-state index in [9.17, 15) is 4.79 Å². The molecule has 9 nitrogen and oxygen atoms in total. The number of hydrogen-bond acceptors (Lipinski definition) is 7. The Labute approximate surface area is 185 Å². The number of fused-ring (bicyclic) bond motifs is 2. The van der Waals surface area contributed by atoms with Gasteiger partial charge in [-0.3, -0.25) is 4.79 Å². The molecule has 4 aromatic rings. The van der Waals surface area contributed by atoms with E-state index >= 15 is 0 Å². The monoisotopic (exact) mass is 431 g/mol.